The van der Waals surface area contributed by atoms with Crippen LogP contribution in [-0.2, 0) is 0 Å². The molecular formula is C15H16BrN3. The van der Waals surface area contributed by atoms with E-state index in [1.807, 2.05) is 18.2 Å². The van der Waals surface area contributed by atoms with Crippen molar-refractivity contribution in [1.82, 2.24) is 9.97 Å². The normalized spacial score (nSPS) is 14.4. The summed E-state index contributed by atoms with van der Waals surface area (Å²) in [5.41, 5.74) is 2.10. The Morgan fingerprint density at radius 3 is 2.58 bits per heavy atom. The predicted molar refractivity (Wildman–Crippen MR) is 81.3 cm³/mol. The van der Waals surface area contributed by atoms with Gasteiger partial charge in [-0.2, -0.15) is 0 Å². The summed E-state index contributed by atoms with van der Waals surface area (Å²) >= 11 is 3.64. The molecule has 1 heterocycles. The second kappa shape index (κ2) is 5.29. The van der Waals surface area contributed by atoms with Crippen LogP contribution in [0.4, 0.5) is 5.82 Å². The minimum absolute atomic E-state index is 0.549. The van der Waals surface area contributed by atoms with Crippen LogP contribution in [0.2, 0.25) is 0 Å². The predicted octanol–water partition coefficient (Wildman–Crippen LogP) is 4.22. The van der Waals surface area contributed by atoms with Gasteiger partial charge in [-0.15, -0.1) is 0 Å². The van der Waals surface area contributed by atoms with E-state index in [0.717, 1.165) is 33.9 Å². The first-order valence-corrected chi connectivity index (χ1v) is 7.45. The van der Waals surface area contributed by atoms with Gasteiger partial charge in [0.2, 0.25) is 0 Å². The van der Waals surface area contributed by atoms with Gasteiger partial charge >= 0.3 is 0 Å². The van der Waals surface area contributed by atoms with Gasteiger partial charge in [-0.3, -0.25) is 0 Å². The van der Waals surface area contributed by atoms with Gasteiger partial charge in [0.15, 0.2) is 0 Å². The first-order chi connectivity index (χ1) is 9.29. The van der Waals surface area contributed by atoms with Crippen LogP contribution in [0.15, 0.2) is 34.8 Å². The Hall–Kier alpha value is -1.42. The zero-order valence-corrected chi connectivity index (χ0v) is 12.4. The molecule has 2 aromatic rings. The lowest BCUT2D eigenvalue weighted by molar-refractivity contribution is 0.923. The molecule has 0 aliphatic heterocycles. The summed E-state index contributed by atoms with van der Waals surface area (Å²) in [6, 6.07) is 10.3. The fourth-order valence-electron chi connectivity index (χ4n) is 2.06. The molecule has 4 heteroatoms. The van der Waals surface area contributed by atoms with E-state index in [-0.39, 0.29) is 0 Å². The number of anilines is 1. The molecule has 0 amide bonds. The zero-order chi connectivity index (χ0) is 13.2. The highest BCUT2D eigenvalue weighted by molar-refractivity contribution is 9.10. The van der Waals surface area contributed by atoms with Crippen molar-refractivity contribution < 1.29 is 0 Å². The monoisotopic (exact) mass is 317 g/mol. The Bertz CT molecular complexity index is 579. The summed E-state index contributed by atoms with van der Waals surface area (Å²) in [4.78, 5) is 9.39. The van der Waals surface area contributed by atoms with Crippen molar-refractivity contribution >= 4 is 21.7 Å². The third-order valence-electron chi connectivity index (χ3n) is 3.20. The van der Waals surface area contributed by atoms with Crippen molar-refractivity contribution in [3.63, 3.8) is 0 Å². The van der Waals surface area contributed by atoms with Crippen LogP contribution in [0.1, 0.15) is 31.5 Å². The third kappa shape index (κ3) is 2.63. The number of nitrogens with one attached hydrogen (secondary N) is 1. The van der Waals surface area contributed by atoms with Gasteiger partial charge < -0.3 is 5.32 Å². The molecule has 1 aromatic heterocycles. The number of aromatic nitrogens is 2. The van der Waals surface area contributed by atoms with E-state index in [1.54, 1.807) is 0 Å². The number of hydrogen-bond acceptors (Lipinski definition) is 3. The molecule has 98 valence electrons. The van der Waals surface area contributed by atoms with E-state index in [1.165, 1.54) is 12.8 Å². The van der Waals surface area contributed by atoms with Gasteiger partial charge in [0.25, 0.3) is 0 Å². The molecule has 0 bridgehead atoms. The largest absolute Gasteiger partial charge is 0.369 e. The molecule has 0 spiro atoms. The highest BCUT2D eigenvalue weighted by Gasteiger charge is 2.28. The highest BCUT2D eigenvalue weighted by atomic mass is 79.9. The maximum absolute atomic E-state index is 4.75. The minimum atomic E-state index is 0.549. The fourth-order valence-corrected chi connectivity index (χ4v) is 2.61. The van der Waals surface area contributed by atoms with Crippen LogP contribution in [0.25, 0.3) is 11.3 Å². The van der Waals surface area contributed by atoms with E-state index in [2.05, 4.69) is 45.3 Å². The Labute approximate surface area is 121 Å². The second-order valence-electron chi connectivity index (χ2n) is 4.76. The number of hydrogen-bond donors (Lipinski definition) is 1. The lowest BCUT2D eigenvalue weighted by Crippen LogP contribution is -2.05. The summed E-state index contributed by atoms with van der Waals surface area (Å²) in [7, 11) is 0. The van der Waals surface area contributed by atoms with Crippen molar-refractivity contribution in [3.8, 4) is 11.3 Å². The van der Waals surface area contributed by atoms with Crippen molar-refractivity contribution in [2.24, 2.45) is 0 Å². The third-order valence-corrected chi connectivity index (χ3v) is 3.95. The van der Waals surface area contributed by atoms with Crippen LogP contribution in [-0.4, -0.2) is 16.5 Å². The van der Waals surface area contributed by atoms with Crippen molar-refractivity contribution in [2.75, 3.05) is 11.9 Å². The Kier molecular flexibility index (Phi) is 3.51. The SMILES string of the molecule is CCNc1nc(C2CC2)nc(-c2ccccc2)c1Br. The zero-order valence-electron chi connectivity index (χ0n) is 10.9. The molecule has 1 aromatic carbocycles. The van der Waals surface area contributed by atoms with Crippen molar-refractivity contribution in [2.45, 2.75) is 25.7 Å². The molecule has 19 heavy (non-hydrogen) atoms. The lowest BCUT2D eigenvalue weighted by atomic mass is 10.1. The Morgan fingerprint density at radius 2 is 1.95 bits per heavy atom. The second-order valence-corrected chi connectivity index (χ2v) is 5.56. The van der Waals surface area contributed by atoms with E-state index in [4.69, 9.17) is 4.98 Å². The van der Waals surface area contributed by atoms with Gasteiger partial charge in [-0.25, -0.2) is 9.97 Å². The molecule has 0 atom stereocenters. The molecular weight excluding hydrogens is 302 g/mol. The number of benzene rings is 1. The summed E-state index contributed by atoms with van der Waals surface area (Å²) in [6.45, 7) is 2.93. The van der Waals surface area contributed by atoms with E-state index in [0.29, 0.717) is 5.92 Å². The van der Waals surface area contributed by atoms with Gasteiger partial charge in [-0.05, 0) is 35.7 Å². The number of nitrogens with zero attached hydrogens (tertiary/aromatic N) is 2. The average molecular weight is 318 g/mol. The quantitative estimate of drug-likeness (QED) is 0.917. The highest BCUT2D eigenvalue weighted by Crippen LogP contribution is 2.41. The van der Waals surface area contributed by atoms with E-state index in [9.17, 15) is 0 Å². The molecule has 0 unspecified atom stereocenters. The topological polar surface area (TPSA) is 37.8 Å². The molecule has 1 fully saturated rings. The Balaban J connectivity index is 2.11. The van der Waals surface area contributed by atoms with Gasteiger partial charge in [0, 0.05) is 18.0 Å². The van der Waals surface area contributed by atoms with Crippen LogP contribution < -0.4 is 5.32 Å². The van der Waals surface area contributed by atoms with Crippen molar-refractivity contribution in [3.05, 3.63) is 40.6 Å². The van der Waals surface area contributed by atoms with Crippen molar-refractivity contribution in [1.29, 1.82) is 0 Å². The maximum atomic E-state index is 4.75. The average Bonchev–Trinajstić information content (AvgIpc) is 3.27. The molecule has 1 aliphatic rings. The maximum Gasteiger partial charge on any atom is 0.144 e. The van der Waals surface area contributed by atoms with Gasteiger partial charge in [-0.1, -0.05) is 30.3 Å². The van der Waals surface area contributed by atoms with Crippen LogP contribution in [0.5, 0.6) is 0 Å². The fraction of sp³-hybridized carbons (Fsp3) is 0.333. The van der Waals surface area contributed by atoms with Crippen LogP contribution in [0, 0.1) is 0 Å². The van der Waals surface area contributed by atoms with E-state index >= 15 is 0 Å². The summed E-state index contributed by atoms with van der Waals surface area (Å²) in [6.07, 6.45) is 2.42. The smallest absolute Gasteiger partial charge is 0.144 e. The standard InChI is InChI=1S/C15H16BrN3/c1-2-17-15-12(16)13(10-6-4-3-5-7-10)18-14(19-15)11-8-9-11/h3-7,11H,2,8-9H2,1H3,(H,17,18,19). The molecule has 0 saturated heterocycles. The van der Waals surface area contributed by atoms with Gasteiger partial charge in [0.1, 0.15) is 11.6 Å². The molecule has 0 radical (unpaired) electrons. The van der Waals surface area contributed by atoms with Crippen LogP contribution >= 0.6 is 15.9 Å². The molecule has 1 saturated carbocycles. The molecule has 1 N–H and O–H groups in total. The minimum Gasteiger partial charge on any atom is -0.369 e. The molecule has 1 aliphatic carbocycles. The first-order valence-electron chi connectivity index (χ1n) is 6.66. The lowest BCUT2D eigenvalue weighted by Gasteiger charge is -2.12. The number of halogens is 1. The Morgan fingerprint density at radius 1 is 1.21 bits per heavy atom. The summed E-state index contributed by atoms with van der Waals surface area (Å²) < 4.78 is 0.949. The summed E-state index contributed by atoms with van der Waals surface area (Å²) in [5, 5.41) is 3.31. The summed E-state index contributed by atoms with van der Waals surface area (Å²) in [5.74, 6) is 2.42. The van der Waals surface area contributed by atoms with E-state index < -0.39 is 0 Å². The molecule has 3 rings (SSSR count). The molecule has 3 nitrogen and oxygen atoms in total. The first kappa shape index (κ1) is 12.6. The number of rotatable bonds is 4. The van der Waals surface area contributed by atoms with Gasteiger partial charge in [0.05, 0.1) is 10.2 Å². The van der Waals surface area contributed by atoms with Crippen LogP contribution in [0.3, 0.4) is 0 Å².